The van der Waals surface area contributed by atoms with E-state index in [4.69, 9.17) is 32.7 Å². The summed E-state index contributed by atoms with van der Waals surface area (Å²) < 4.78 is 11.1. The SMILES string of the molecule is CCOC(=O)[C@@H](C)N1C(=O)CO[C@@H](c2cccc(Cl)c2)[C@H]1c1ccc(Cl)cc1. The molecule has 2 aromatic carbocycles. The first-order chi connectivity index (χ1) is 13.4. The lowest BCUT2D eigenvalue weighted by Crippen LogP contribution is -2.52. The number of hydrogen-bond acceptors (Lipinski definition) is 4. The first-order valence-corrected chi connectivity index (χ1v) is 9.78. The lowest BCUT2D eigenvalue weighted by Gasteiger charge is -2.43. The molecule has 0 radical (unpaired) electrons. The Labute approximate surface area is 174 Å². The van der Waals surface area contributed by atoms with Gasteiger partial charge in [0.05, 0.1) is 12.6 Å². The number of carbonyl (C=O) groups excluding carboxylic acids is 2. The van der Waals surface area contributed by atoms with Crippen molar-refractivity contribution in [2.75, 3.05) is 13.2 Å². The molecule has 3 rings (SSSR count). The highest BCUT2D eigenvalue weighted by Crippen LogP contribution is 2.42. The molecule has 7 heteroatoms. The Kier molecular flexibility index (Phi) is 6.60. The molecule has 28 heavy (non-hydrogen) atoms. The molecule has 0 N–H and O–H groups in total. The van der Waals surface area contributed by atoms with Crippen molar-refractivity contribution >= 4 is 35.1 Å². The van der Waals surface area contributed by atoms with Gasteiger partial charge in [0.15, 0.2) is 0 Å². The minimum absolute atomic E-state index is 0.134. The number of carbonyl (C=O) groups is 2. The van der Waals surface area contributed by atoms with Gasteiger partial charge in [-0.05, 0) is 49.2 Å². The van der Waals surface area contributed by atoms with E-state index in [-0.39, 0.29) is 19.1 Å². The quantitative estimate of drug-likeness (QED) is 0.662. The molecular formula is C21H21Cl2NO4. The maximum absolute atomic E-state index is 12.8. The second kappa shape index (κ2) is 8.95. The van der Waals surface area contributed by atoms with E-state index < -0.39 is 24.2 Å². The van der Waals surface area contributed by atoms with E-state index in [9.17, 15) is 9.59 Å². The number of halogens is 2. The molecule has 0 aromatic heterocycles. The molecule has 0 spiro atoms. The summed E-state index contributed by atoms with van der Waals surface area (Å²) in [6.07, 6.45) is -0.491. The van der Waals surface area contributed by atoms with E-state index in [1.807, 2.05) is 24.3 Å². The van der Waals surface area contributed by atoms with Gasteiger partial charge in [-0.25, -0.2) is 4.79 Å². The van der Waals surface area contributed by atoms with Crippen molar-refractivity contribution in [2.45, 2.75) is 32.0 Å². The number of benzene rings is 2. The van der Waals surface area contributed by atoms with Gasteiger partial charge in [0.2, 0.25) is 5.91 Å². The van der Waals surface area contributed by atoms with Crippen molar-refractivity contribution < 1.29 is 19.1 Å². The number of amides is 1. The minimum atomic E-state index is -0.765. The number of morpholine rings is 1. The normalized spacial score (nSPS) is 20.7. The van der Waals surface area contributed by atoms with E-state index in [0.29, 0.717) is 10.0 Å². The Balaban J connectivity index is 2.08. The van der Waals surface area contributed by atoms with Crippen molar-refractivity contribution in [1.29, 1.82) is 0 Å². The Morgan fingerprint density at radius 3 is 2.54 bits per heavy atom. The highest BCUT2D eigenvalue weighted by Gasteiger charge is 2.43. The van der Waals surface area contributed by atoms with Gasteiger partial charge in [0, 0.05) is 10.0 Å². The minimum Gasteiger partial charge on any atom is -0.464 e. The van der Waals surface area contributed by atoms with Crippen LogP contribution in [-0.4, -0.2) is 36.0 Å². The van der Waals surface area contributed by atoms with Gasteiger partial charge in [-0.15, -0.1) is 0 Å². The Hall–Kier alpha value is -2.08. The summed E-state index contributed by atoms with van der Waals surface area (Å²) in [7, 11) is 0. The van der Waals surface area contributed by atoms with Crippen molar-refractivity contribution in [3.63, 3.8) is 0 Å². The van der Waals surface area contributed by atoms with Crippen LogP contribution in [0.2, 0.25) is 10.0 Å². The van der Waals surface area contributed by atoms with Gasteiger partial charge in [0.1, 0.15) is 18.8 Å². The molecule has 0 bridgehead atoms. The van der Waals surface area contributed by atoms with Crippen LogP contribution in [0, 0.1) is 0 Å². The second-order valence-corrected chi connectivity index (χ2v) is 7.38. The van der Waals surface area contributed by atoms with Gasteiger partial charge >= 0.3 is 5.97 Å². The number of rotatable bonds is 5. The highest BCUT2D eigenvalue weighted by atomic mass is 35.5. The van der Waals surface area contributed by atoms with Crippen LogP contribution in [0.4, 0.5) is 0 Å². The molecule has 0 unspecified atom stereocenters. The van der Waals surface area contributed by atoms with E-state index in [0.717, 1.165) is 11.1 Å². The molecule has 1 aliphatic heterocycles. The van der Waals surface area contributed by atoms with Crippen LogP contribution >= 0.6 is 23.2 Å². The third kappa shape index (κ3) is 4.32. The molecule has 2 aromatic rings. The maximum atomic E-state index is 12.8. The van der Waals surface area contributed by atoms with Gasteiger partial charge < -0.3 is 14.4 Å². The van der Waals surface area contributed by atoms with Crippen LogP contribution in [0.15, 0.2) is 48.5 Å². The van der Waals surface area contributed by atoms with E-state index in [2.05, 4.69) is 0 Å². The van der Waals surface area contributed by atoms with Crippen LogP contribution in [-0.2, 0) is 19.1 Å². The van der Waals surface area contributed by atoms with Crippen molar-refractivity contribution in [1.82, 2.24) is 4.90 Å². The number of ether oxygens (including phenoxy) is 2. The fourth-order valence-corrected chi connectivity index (χ4v) is 3.74. The maximum Gasteiger partial charge on any atom is 0.328 e. The topological polar surface area (TPSA) is 55.8 Å². The fourth-order valence-electron chi connectivity index (χ4n) is 3.42. The van der Waals surface area contributed by atoms with Crippen LogP contribution in [0.1, 0.15) is 37.1 Å². The highest BCUT2D eigenvalue weighted by molar-refractivity contribution is 6.30. The fraction of sp³-hybridized carbons (Fsp3) is 0.333. The van der Waals surface area contributed by atoms with Crippen LogP contribution in [0.5, 0.6) is 0 Å². The van der Waals surface area contributed by atoms with Crippen molar-refractivity contribution in [2.24, 2.45) is 0 Å². The molecule has 1 aliphatic rings. The van der Waals surface area contributed by atoms with Crippen molar-refractivity contribution in [3.8, 4) is 0 Å². The summed E-state index contributed by atoms with van der Waals surface area (Å²) in [6.45, 7) is 3.51. The molecular weight excluding hydrogens is 401 g/mol. The smallest absolute Gasteiger partial charge is 0.328 e. The predicted molar refractivity (Wildman–Crippen MR) is 107 cm³/mol. The summed E-state index contributed by atoms with van der Waals surface area (Å²) in [5.41, 5.74) is 1.62. The van der Waals surface area contributed by atoms with Gasteiger partial charge in [-0.3, -0.25) is 4.79 Å². The average molecular weight is 422 g/mol. The zero-order chi connectivity index (χ0) is 20.3. The number of esters is 1. The van der Waals surface area contributed by atoms with Gasteiger partial charge in [0.25, 0.3) is 0 Å². The lowest BCUT2D eigenvalue weighted by atomic mass is 9.91. The van der Waals surface area contributed by atoms with Crippen LogP contribution < -0.4 is 0 Å². The van der Waals surface area contributed by atoms with Crippen molar-refractivity contribution in [3.05, 3.63) is 69.7 Å². The molecule has 0 saturated carbocycles. The summed E-state index contributed by atoms with van der Waals surface area (Å²) in [5.74, 6) is -0.736. The molecule has 1 saturated heterocycles. The zero-order valence-electron chi connectivity index (χ0n) is 15.6. The van der Waals surface area contributed by atoms with E-state index in [1.54, 1.807) is 38.1 Å². The van der Waals surface area contributed by atoms with E-state index in [1.165, 1.54) is 4.90 Å². The van der Waals surface area contributed by atoms with Gasteiger partial charge in [-0.2, -0.15) is 0 Å². The molecule has 148 valence electrons. The predicted octanol–water partition coefficient (Wildman–Crippen LogP) is 4.59. The standard InChI is InChI=1S/C21H21Cl2NO4/c1-3-27-21(26)13(2)24-18(25)12-28-20(15-5-4-6-17(23)11-15)19(24)14-7-9-16(22)10-8-14/h4-11,13,19-20H,3,12H2,1-2H3/t13-,19-,20+/m1/s1. The Morgan fingerprint density at radius 2 is 1.89 bits per heavy atom. The summed E-state index contributed by atoms with van der Waals surface area (Å²) in [4.78, 5) is 26.7. The molecule has 3 atom stereocenters. The van der Waals surface area contributed by atoms with Crippen LogP contribution in [0.25, 0.3) is 0 Å². The molecule has 5 nitrogen and oxygen atoms in total. The first-order valence-electron chi connectivity index (χ1n) is 9.02. The third-order valence-electron chi connectivity index (χ3n) is 4.69. The Morgan fingerprint density at radius 1 is 1.18 bits per heavy atom. The number of nitrogens with zero attached hydrogens (tertiary/aromatic N) is 1. The first kappa shape index (κ1) is 20.6. The molecule has 0 aliphatic carbocycles. The van der Waals surface area contributed by atoms with E-state index >= 15 is 0 Å². The number of hydrogen-bond donors (Lipinski definition) is 0. The van der Waals surface area contributed by atoms with Gasteiger partial charge in [-0.1, -0.05) is 47.5 Å². The third-order valence-corrected chi connectivity index (χ3v) is 5.18. The lowest BCUT2D eigenvalue weighted by molar-refractivity contribution is -0.172. The largest absolute Gasteiger partial charge is 0.464 e. The molecule has 1 heterocycles. The summed E-state index contributed by atoms with van der Waals surface area (Å²) in [5, 5.41) is 1.15. The molecule has 1 fully saturated rings. The monoisotopic (exact) mass is 421 g/mol. The van der Waals surface area contributed by atoms with Crippen LogP contribution in [0.3, 0.4) is 0 Å². The Bertz CT molecular complexity index is 856. The molecule has 1 amide bonds. The average Bonchev–Trinajstić information content (AvgIpc) is 2.68. The zero-order valence-corrected chi connectivity index (χ0v) is 17.1. The summed E-state index contributed by atoms with van der Waals surface area (Å²) in [6, 6.07) is 13.2. The summed E-state index contributed by atoms with van der Waals surface area (Å²) >= 11 is 12.2. The second-order valence-electron chi connectivity index (χ2n) is 6.51.